The predicted molar refractivity (Wildman–Crippen MR) is 49.2 cm³/mol. The van der Waals surface area contributed by atoms with Gasteiger partial charge in [0.15, 0.2) is 11.3 Å². The Labute approximate surface area is 78.2 Å². The number of fused-ring (bicyclic) bond motifs is 1. The lowest BCUT2D eigenvalue weighted by Gasteiger charge is -1.99. The molecule has 1 heterocycles. The number of hydrogen-bond donors (Lipinski definition) is 1. The fourth-order valence-electron chi connectivity index (χ4n) is 1.13. The van der Waals surface area contributed by atoms with Crippen LogP contribution < -0.4 is 5.63 Å². The lowest BCUT2D eigenvalue weighted by Crippen LogP contribution is -1.95. The molecule has 0 spiro atoms. The smallest absolute Gasteiger partial charge is 0.337 e. The van der Waals surface area contributed by atoms with Gasteiger partial charge in [-0.2, -0.15) is 0 Å². The van der Waals surface area contributed by atoms with Crippen molar-refractivity contribution in [2.24, 2.45) is 0 Å². The Balaban J connectivity index is 3.03. The lowest BCUT2D eigenvalue weighted by molar-refractivity contribution is 0.457. The van der Waals surface area contributed by atoms with Crippen molar-refractivity contribution in [3.8, 4) is 5.75 Å². The number of phenols is 1. The average Bonchev–Trinajstić information content (AvgIpc) is 2.07. The fourth-order valence-corrected chi connectivity index (χ4v) is 1.37. The fraction of sp³-hybridized carbons (Fsp3) is 0. The van der Waals surface area contributed by atoms with Gasteiger partial charge in [-0.25, -0.2) is 4.79 Å². The summed E-state index contributed by atoms with van der Waals surface area (Å²) in [7, 11) is 0. The molecule has 0 aliphatic rings. The summed E-state index contributed by atoms with van der Waals surface area (Å²) in [6.07, 6.45) is 0. The van der Waals surface area contributed by atoms with Crippen molar-refractivity contribution < 1.29 is 9.52 Å². The van der Waals surface area contributed by atoms with Gasteiger partial charge in [0.05, 0.1) is 5.02 Å². The number of aromatic hydroxyl groups is 1. The Morgan fingerprint density at radius 3 is 2.92 bits per heavy atom. The zero-order valence-electron chi connectivity index (χ0n) is 6.45. The molecule has 0 saturated carbocycles. The van der Waals surface area contributed by atoms with Crippen LogP contribution in [0.5, 0.6) is 5.75 Å². The first-order valence-corrected chi connectivity index (χ1v) is 3.97. The summed E-state index contributed by atoms with van der Waals surface area (Å²) in [5, 5.41) is 10.1. The predicted octanol–water partition coefficient (Wildman–Crippen LogP) is 2.15. The number of phenolic OH excluding ortho intramolecular Hbond substituents is 1. The number of rotatable bonds is 0. The highest BCUT2D eigenvalue weighted by atomic mass is 35.5. The van der Waals surface area contributed by atoms with Crippen molar-refractivity contribution in [3.63, 3.8) is 0 Å². The molecule has 0 bridgehead atoms. The Bertz CT molecular complexity index is 516. The van der Waals surface area contributed by atoms with E-state index in [0.717, 1.165) is 0 Å². The van der Waals surface area contributed by atoms with Gasteiger partial charge in [0.1, 0.15) is 0 Å². The number of halogens is 1. The number of para-hydroxylation sites is 1. The van der Waals surface area contributed by atoms with Crippen LogP contribution in [0, 0.1) is 0 Å². The van der Waals surface area contributed by atoms with Gasteiger partial charge in [0.25, 0.3) is 0 Å². The number of benzene rings is 1. The van der Waals surface area contributed by atoms with E-state index < -0.39 is 5.63 Å². The largest absolute Gasteiger partial charge is 0.504 e. The van der Waals surface area contributed by atoms with Crippen LogP contribution in [-0.4, -0.2) is 5.11 Å². The molecule has 4 heteroatoms. The van der Waals surface area contributed by atoms with Crippen LogP contribution in [0.15, 0.2) is 33.5 Å². The minimum absolute atomic E-state index is 0.0860. The molecule has 0 amide bonds. The summed E-state index contributed by atoms with van der Waals surface area (Å²) >= 11 is 5.76. The molecule has 0 aliphatic carbocycles. The Kier molecular flexibility index (Phi) is 1.74. The van der Waals surface area contributed by atoms with Gasteiger partial charge in [-0.15, -0.1) is 0 Å². The molecule has 0 atom stereocenters. The van der Waals surface area contributed by atoms with E-state index in [2.05, 4.69) is 0 Å². The first-order valence-electron chi connectivity index (χ1n) is 3.60. The Morgan fingerprint density at radius 2 is 2.15 bits per heavy atom. The Hall–Kier alpha value is -1.48. The molecule has 1 aromatic carbocycles. The highest BCUT2D eigenvalue weighted by molar-refractivity contribution is 6.35. The van der Waals surface area contributed by atoms with Crippen LogP contribution in [0.25, 0.3) is 11.0 Å². The van der Waals surface area contributed by atoms with Crippen molar-refractivity contribution in [1.29, 1.82) is 0 Å². The second-order valence-electron chi connectivity index (χ2n) is 2.57. The van der Waals surface area contributed by atoms with E-state index in [1.165, 1.54) is 12.1 Å². The third kappa shape index (κ3) is 1.27. The van der Waals surface area contributed by atoms with Gasteiger partial charge < -0.3 is 9.52 Å². The molecule has 0 unspecified atom stereocenters. The van der Waals surface area contributed by atoms with Crippen LogP contribution in [0.4, 0.5) is 0 Å². The van der Waals surface area contributed by atoms with E-state index in [0.29, 0.717) is 5.39 Å². The summed E-state index contributed by atoms with van der Waals surface area (Å²) in [6, 6.07) is 5.90. The summed E-state index contributed by atoms with van der Waals surface area (Å²) in [5.41, 5.74) is -0.445. The average molecular weight is 197 g/mol. The van der Waals surface area contributed by atoms with Crippen LogP contribution >= 0.6 is 11.6 Å². The maximum absolute atomic E-state index is 10.9. The molecule has 0 radical (unpaired) electrons. The summed E-state index contributed by atoms with van der Waals surface area (Å²) in [6.45, 7) is 0. The first-order chi connectivity index (χ1) is 6.18. The molecular formula is C9H5ClO3. The normalized spacial score (nSPS) is 10.5. The van der Waals surface area contributed by atoms with E-state index in [9.17, 15) is 9.90 Å². The highest BCUT2D eigenvalue weighted by Crippen LogP contribution is 2.27. The maximum Gasteiger partial charge on any atom is 0.337 e. The van der Waals surface area contributed by atoms with Gasteiger partial charge in [-0.05, 0) is 12.1 Å². The molecule has 1 N–H and O–H groups in total. The molecule has 0 fully saturated rings. The van der Waals surface area contributed by atoms with Crippen molar-refractivity contribution >= 4 is 22.6 Å². The van der Waals surface area contributed by atoms with E-state index in [4.69, 9.17) is 16.0 Å². The second kappa shape index (κ2) is 2.78. The molecular weight excluding hydrogens is 192 g/mol. The monoisotopic (exact) mass is 196 g/mol. The van der Waals surface area contributed by atoms with Crippen LogP contribution in [0.1, 0.15) is 0 Å². The molecule has 2 rings (SSSR count). The minimum Gasteiger partial charge on any atom is -0.504 e. The van der Waals surface area contributed by atoms with Crippen molar-refractivity contribution in [2.45, 2.75) is 0 Å². The SMILES string of the molecule is O=c1cc(Cl)c2cccc(O)c2o1. The summed E-state index contributed by atoms with van der Waals surface area (Å²) < 4.78 is 4.78. The van der Waals surface area contributed by atoms with Crippen molar-refractivity contribution in [1.82, 2.24) is 0 Å². The quantitative estimate of drug-likeness (QED) is 0.657. The molecule has 3 nitrogen and oxygen atoms in total. The molecule has 2 aromatic rings. The summed E-state index contributed by atoms with van der Waals surface area (Å²) in [5.74, 6) is -0.0860. The molecule has 0 aliphatic heterocycles. The van der Waals surface area contributed by atoms with Crippen molar-refractivity contribution in [3.05, 3.63) is 39.7 Å². The zero-order chi connectivity index (χ0) is 9.42. The zero-order valence-corrected chi connectivity index (χ0v) is 7.21. The molecule has 13 heavy (non-hydrogen) atoms. The third-order valence-electron chi connectivity index (χ3n) is 1.70. The highest BCUT2D eigenvalue weighted by Gasteiger charge is 2.06. The third-order valence-corrected chi connectivity index (χ3v) is 2.01. The van der Waals surface area contributed by atoms with E-state index in [-0.39, 0.29) is 16.4 Å². The van der Waals surface area contributed by atoms with Crippen LogP contribution in [0.3, 0.4) is 0 Å². The Morgan fingerprint density at radius 1 is 1.38 bits per heavy atom. The summed E-state index contributed by atoms with van der Waals surface area (Å²) in [4.78, 5) is 10.9. The maximum atomic E-state index is 10.9. The van der Waals surface area contributed by atoms with Gasteiger partial charge in [0, 0.05) is 11.5 Å². The molecule has 1 aromatic heterocycles. The van der Waals surface area contributed by atoms with Crippen LogP contribution in [-0.2, 0) is 0 Å². The molecule has 66 valence electrons. The molecule has 0 saturated heterocycles. The van der Waals surface area contributed by atoms with Gasteiger partial charge in [-0.3, -0.25) is 0 Å². The topological polar surface area (TPSA) is 50.4 Å². The van der Waals surface area contributed by atoms with E-state index in [1.807, 2.05) is 0 Å². The van der Waals surface area contributed by atoms with E-state index in [1.54, 1.807) is 12.1 Å². The van der Waals surface area contributed by atoms with E-state index >= 15 is 0 Å². The standard InChI is InChI=1S/C9H5ClO3/c10-6-4-8(12)13-9-5(6)2-1-3-7(9)11/h1-4,11H. The van der Waals surface area contributed by atoms with Gasteiger partial charge in [-0.1, -0.05) is 17.7 Å². The second-order valence-corrected chi connectivity index (χ2v) is 2.97. The van der Waals surface area contributed by atoms with Gasteiger partial charge >= 0.3 is 5.63 Å². The van der Waals surface area contributed by atoms with Crippen LogP contribution in [0.2, 0.25) is 5.02 Å². The van der Waals surface area contributed by atoms with Crippen molar-refractivity contribution in [2.75, 3.05) is 0 Å². The first kappa shape index (κ1) is 8.13. The lowest BCUT2D eigenvalue weighted by atomic mass is 10.2. The number of hydrogen-bond acceptors (Lipinski definition) is 3. The minimum atomic E-state index is -0.570. The van der Waals surface area contributed by atoms with Gasteiger partial charge in [0.2, 0.25) is 0 Å².